The number of nitrogens with zero attached hydrogens (tertiary/aromatic N) is 6. The topological polar surface area (TPSA) is 93.0 Å². The van der Waals surface area contributed by atoms with Gasteiger partial charge >= 0.3 is 0 Å². The number of hydrogen-bond acceptors (Lipinski definition) is 9. The molecule has 0 saturated heterocycles. The Morgan fingerprint density at radius 2 is 0.970 bits per heavy atom. The van der Waals surface area contributed by atoms with Crippen LogP contribution in [0.2, 0.25) is 0 Å². The summed E-state index contributed by atoms with van der Waals surface area (Å²) in [5.74, 6) is 5.80. The van der Waals surface area contributed by atoms with Gasteiger partial charge in [-0.15, -0.1) is 0 Å². The van der Waals surface area contributed by atoms with Crippen LogP contribution in [-0.2, 0) is 14.1 Å². The van der Waals surface area contributed by atoms with Crippen LogP contribution >= 0.6 is 23.5 Å². The molecule has 0 bridgehead atoms. The predicted molar refractivity (Wildman–Crippen MR) is 268 cm³/mol. The van der Waals surface area contributed by atoms with Crippen molar-refractivity contribution in [2.45, 2.75) is 19.6 Å². The number of ether oxygens (including phenoxy) is 2. The number of imidazole rings is 2. The lowest BCUT2D eigenvalue weighted by Crippen LogP contribution is -2.58. The number of pyridine rings is 2. The van der Waals surface area contributed by atoms with Crippen LogP contribution in [0.1, 0.15) is 0 Å². The van der Waals surface area contributed by atoms with Crippen LogP contribution in [0.4, 0.5) is 0 Å². The van der Waals surface area contributed by atoms with Crippen LogP contribution in [0.5, 0.6) is 23.0 Å². The second-order valence-corrected chi connectivity index (χ2v) is 19.7. The average molecular weight is 899 g/mol. The van der Waals surface area contributed by atoms with Crippen LogP contribution in [0, 0.1) is 0 Å². The number of aromatic nitrogens is 6. The van der Waals surface area contributed by atoms with E-state index < -0.39 is 0 Å². The summed E-state index contributed by atoms with van der Waals surface area (Å²) >= 11 is 3.71. The van der Waals surface area contributed by atoms with E-state index in [1.54, 1.807) is 6.20 Å². The first-order chi connectivity index (χ1) is 33.0. The molecule has 4 aliphatic rings. The molecule has 15 rings (SSSR count). The monoisotopic (exact) mass is 898 g/mol. The van der Waals surface area contributed by atoms with E-state index in [1.807, 2.05) is 92.5 Å². The first kappa shape index (κ1) is 37.5. The van der Waals surface area contributed by atoms with E-state index in [9.17, 15) is 0 Å². The van der Waals surface area contributed by atoms with Crippen molar-refractivity contribution in [2.75, 3.05) is 0 Å². The standard InChI is InChI=1S/C54H32B2N6O3S2/c1-61-51(59-38-7-5-21-57-53(38)61)31-14-18-41-35(25-31)55-34-23-29(13-17-40(34)64-42-9-3-10-43(65-41)49(42)55)33-27-44(63-28-33)30-15-19-45-36(24-30)56-37-26-32(52-60-39-8-6-22-58-54(39)62(52)2)16-20-46(37)67-48-12-4-11-47(66-45)50(48)56/h3-28H,1-2H3. The highest BCUT2D eigenvalue weighted by molar-refractivity contribution is 8.01. The van der Waals surface area contributed by atoms with Crippen LogP contribution in [0.15, 0.2) is 182 Å². The van der Waals surface area contributed by atoms with E-state index in [2.05, 4.69) is 116 Å². The van der Waals surface area contributed by atoms with Gasteiger partial charge in [-0.05, 0) is 107 Å². The molecule has 11 aromatic rings. The first-order valence-electron chi connectivity index (χ1n) is 22.2. The molecule has 6 aromatic carbocycles. The zero-order chi connectivity index (χ0) is 44.1. The Hall–Kier alpha value is -7.73. The summed E-state index contributed by atoms with van der Waals surface area (Å²) in [4.78, 5) is 24.4. The van der Waals surface area contributed by atoms with E-state index in [4.69, 9.17) is 23.9 Å². The lowest BCUT2D eigenvalue weighted by Gasteiger charge is -2.33. The zero-order valence-corrected chi connectivity index (χ0v) is 37.5. The highest BCUT2D eigenvalue weighted by Crippen LogP contribution is 2.41. The molecular formula is C54H32B2N6O3S2. The van der Waals surface area contributed by atoms with Gasteiger partial charge in [-0.1, -0.05) is 89.0 Å². The third kappa shape index (κ3) is 5.49. The number of rotatable bonds is 4. The van der Waals surface area contributed by atoms with Gasteiger partial charge in [0, 0.05) is 73.8 Å². The van der Waals surface area contributed by atoms with E-state index in [0.29, 0.717) is 0 Å². The molecule has 9 nitrogen and oxygen atoms in total. The second kappa shape index (κ2) is 13.9. The van der Waals surface area contributed by atoms with E-state index in [-0.39, 0.29) is 13.4 Å². The fourth-order valence-corrected chi connectivity index (χ4v) is 13.1. The SMILES string of the molecule is Cn1c(-c2ccc3c(c2)B2c4cc(-c5coc(-c6ccc7c(c6)B6c8cc(-c9nc%10cccnc%10n9C)ccc8Sc8cccc(c86)S7)c5)ccc4Oc4cccc(c42)O3)nc2cccnc21. The first-order valence-corrected chi connectivity index (χ1v) is 23.8. The maximum atomic E-state index is 6.63. The van der Waals surface area contributed by atoms with Gasteiger partial charge in [-0.2, -0.15) is 0 Å². The van der Waals surface area contributed by atoms with Crippen molar-refractivity contribution in [1.82, 2.24) is 29.1 Å². The third-order valence-electron chi connectivity index (χ3n) is 13.8. The lowest BCUT2D eigenvalue weighted by molar-refractivity contribution is 0.464. The van der Waals surface area contributed by atoms with E-state index >= 15 is 0 Å². The van der Waals surface area contributed by atoms with E-state index in [1.165, 1.54) is 36.0 Å². The highest BCUT2D eigenvalue weighted by Gasteiger charge is 2.41. The van der Waals surface area contributed by atoms with Crippen LogP contribution in [0.3, 0.4) is 0 Å². The normalized spacial score (nSPS) is 13.6. The highest BCUT2D eigenvalue weighted by atomic mass is 32.2. The lowest BCUT2D eigenvalue weighted by atomic mass is 9.34. The molecule has 13 heteroatoms. The predicted octanol–water partition coefficient (Wildman–Crippen LogP) is 8.68. The maximum Gasteiger partial charge on any atom is 0.260 e. The van der Waals surface area contributed by atoms with Crippen molar-refractivity contribution < 1.29 is 13.9 Å². The molecule has 67 heavy (non-hydrogen) atoms. The Morgan fingerprint density at radius 1 is 0.448 bits per heavy atom. The maximum absolute atomic E-state index is 6.63. The molecule has 0 amide bonds. The molecule has 0 radical (unpaired) electrons. The smallest absolute Gasteiger partial charge is 0.260 e. The number of aryl methyl sites for hydroxylation is 2. The number of fused-ring (bicyclic) bond motifs is 10. The number of hydrogen-bond donors (Lipinski definition) is 0. The molecule has 0 atom stereocenters. The largest absolute Gasteiger partial charge is 0.464 e. The van der Waals surface area contributed by atoms with Crippen molar-refractivity contribution in [3.63, 3.8) is 0 Å². The quantitative estimate of drug-likeness (QED) is 0.161. The fraction of sp³-hybridized carbons (Fsp3) is 0.0370. The Labute approximate surface area is 393 Å². The summed E-state index contributed by atoms with van der Waals surface area (Å²) in [6.45, 7) is -0.0841. The van der Waals surface area contributed by atoms with Gasteiger partial charge in [0.1, 0.15) is 51.4 Å². The minimum Gasteiger partial charge on any atom is -0.464 e. The molecule has 0 N–H and O–H groups in total. The Bertz CT molecular complexity index is 3690. The summed E-state index contributed by atoms with van der Waals surface area (Å²) in [6, 6.07) is 49.3. The minimum atomic E-state index is -0.131. The zero-order valence-electron chi connectivity index (χ0n) is 35.9. The fourth-order valence-electron chi connectivity index (χ4n) is 10.7. The van der Waals surface area contributed by atoms with Gasteiger partial charge in [0.05, 0.1) is 6.26 Å². The molecule has 0 saturated carbocycles. The van der Waals surface area contributed by atoms with Crippen LogP contribution in [-0.4, -0.2) is 42.5 Å². The summed E-state index contributed by atoms with van der Waals surface area (Å²) < 4.78 is 23.9. The Morgan fingerprint density at radius 3 is 1.60 bits per heavy atom. The van der Waals surface area contributed by atoms with E-state index in [0.717, 1.165) is 107 Å². The molecule has 0 aliphatic carbocycles. The summed E-state index contributed by atoms with van der Waals surface area (Å²) in [7, 11) is 4.06. The van der Waals surface area contributed by atoms with Crippen LogP contribution < -0.4 is 42.3 Å². The van der Waals surface area contributed by atoms with Crippen molar-refractivity contribution >= 4 is 92.1 Å². The van der Waals surface area contributed by atoms with Gasteiger partial charge in [0.2, 0.25) is 6.71 Å². The second-order valence-electron chi connectivity index (χ2n) is 17.5. The molecule has 0 fully saturated rings. The summed E-state index contributed by atoms with van der Waals surface area (Å²) in [5, 5.41) is 0. The van der Waals surface area contributed by atoms with Crippen molar-refractivity contribution in [3.05, 3.63) is 158 Å². The van der Waals surface area contributed by atoms with Crippen LogP contribution in [0.25, 0.3) is 67.6 Å². The minimum absolute atomic E-state index is 0.0465. The molecule has 0 unspecified atom stereocenters. The number of benzene rings is 6. The van der Waals surface area contributed by atoms with Crippen molar-refractivity contribution in [3.8, 4) is 68.2 Å². The molecular weight excluding hydrogens is 866 g/mol. The number of furan rings is 1. The van der Waals surface area contributed by atoms with Gasteiger partial charge in [-0.3, -0.25) is 0 Å². The van der Waals surface area contributed by atoms with Gasteiger partial charge in [-0.25, -0.2) is 19.9 Å². The van der Waals surface area contributed by atoms with Gasteiger partial charge in [0.15, 0.2) is 11.3 Å². The Kier molecular flexibility index (Phi) is 7.78. The van der Waals surface area contributed by atoms with Gasteiger partial charge in [0.25, 0.3) is 6.71 Å². The molecule has 9 heterocycles. The average Bonchev–Trinajstić information content (AvgIpc) is 4.09. The van der Waals surface area contributed by atoms with Crippen molar-refractivity contribution in [2.24, 2.45) is 14.1 Å². The summed E-state index contributed by atoms with van der Waals surface area (Å²) in [5.41, 5.74) is 15.7. The molecule has 314 valence electrons. The van der Waals surface area contributed by atoms with Gasteiger partial charge < -0.3 is 23.0 Å². The molecule has 5 aromatic heterocycles. The third-order valence-corrected chi connectivity index (χ3v) is 16.1. The van der Waals surface area contributed by atoms with Crippen molar-refractivity contribution in [1.29, 1.82) is 0 Å². The Balaban J connectivity index is 0.815. The molecule has 0 spiro atoms. The molecule has 4 aliphatic heterocycles. The summed E-state index contributed by atoms with van der Waals surface area (Å²) in [6.07, 6.45) is 5.51.